The summed E-state index contributed by atoms with van der Waals surface area (Å²) in [5.41, 5.74) is 1.62. The lowest BCUT2D eigenvalue weighted by molar-refractivity contribution is 0.573. The maximum absolute atomic E-state index is 12.9. The van der Waals surface area contributed by atoms with Gasteiger partial charge in [-0.15, -0.1) is 0 Å². The molecule has 4 aromatic rings. The van der Waals surface area contributed by atoms with Crippen LogP contribution in [0.1, 0.15) is 24.1 Å². The fourth-order valence-electron chi connectivity index (χ4n) is 3.02. The standard InChI is InChI=1S/C22H15BrN4O2/c1-2-21-26-19-9-7-15(23)11-18(19)22(28)27(21)25-13-16-8-10-20(29-16)17-6-4-3-5-14(17)12-24/h3-11,13H,2H2,1H3. The highest BCUT2D eigenvalue weighted by Gasteiger charge is 2.11. The summed E-state index contributed by atoms with van der Waals surface area (Å²) in [6, 6.07) is 18.3. The molecule has 2 heterocycles. The summed E-state index contributed by atoms with van der Waals surface area (Å²) in [4.78, 5) is 17.5. The van der Waals surface area contributed by atoms with Crippen molar-refractivity contribution in [1.29, 1.82) is 5.26 Å². The average molecular weight is 447 g/mol. The SMILES string of the molecule is CCc1nc2ccc(Br)cc2c(=O)n1N=Cc1ccc(-c2ccccc2C#N)o1. The van der Waals surface area contributed by atoms with Crippen LogP contribution in [-0.4, -0.2) is 15.9 Å². The molecule has 0 unspecified atom stereocenters. The molecular weight excluding hydrogens is 432 g/mol. The Bertz CT molecular complexity index is 1350. The number of benzene rings is 2. The van der Waals surface area contributed by atoms with E-state index >= 15 is 0 Å². The first-order chi connectivity index (χ1) is 14.1. The number of halogens is 1. The van der Waals surface area contributed by atoms with E-state index in [1.807, 2.05) is 25.1 Å². The Hall–Kier alpha value is -3.50. The van der Waals surface area contributed by atoms with E-state index in [9.17, 15) is 10.1 Å². The summed E-state index contributed by atoms with van der Waals surface area (Å²) in [6.07, 6.45) is 2.03. The van der Waals surface area contributed by atoms with Crippen molar-refractivity contribution in [2.24, 2.45) is 5.10 Å². The van der Waals surface area contributed by atoms with Gasteiger partial charge in [-0.2, -0.15) is 15.0 Å². The molecule has 0 fully saturated rings. The Labute approximate surface area is 174 Å². The van der Waals surface area contributed by atoms with Gasteiger partial charge in [0.05, 0.1) is 28.8 Å². The minimum Gasteiger partial charge on any atom is -0.455 e. The molecule has 6 nitrogen and oxygen atoms in total. The van der Waals surface area contributed by atoms with E-state index in [1.54, 1.807) is 36.4 Å². The number of furan rings is 1. The van der Waals surface area contributed by atoms with Crippen molar-refractivity contribution in [3.8, 4) is 17.4 Å². The van der Waals surface area contributed by atoms with E-state index in [0.717, 1.165) is 4.47 Å². The number of hydrogen-bond donors (Lipinski definition) is 0. The molecule has 0 N–H and O–H groups in total. The van der Waals surface area contributed by atoms with Gasteiger partial charge in [0.25, 0.3) is 5.56 Å². The molecule has 0 saturated heterocycles. The molecule has 0 saturated carbocycles. The maximum atomic E-state index is 12.9. The molecule has 0 aliphatic rings. The summed E-state index contributed by atoms with van der Waals surface area (Å²) >= 11 is 3.39. The maximum Gasteiger partial charge on any atom is 0.282 e. The van der Waals surface area contributed by atoms with E-state index in [-0.39, 0.29) is 5.56 Å². The lowest BCUT2D eigenvalue weighted by atomic mass is 10.1. The molecule has 0 radical (unpaired) electrons. The lowest BCUT2D eigenvalue weighted by Gasteiger charge is -2.07. The van der Waals surface area contributed by atoms with Crippen LogP contribution in [0.3, 0.4) is 0 Å². The first kappa shape index (κ1) is 18.8. The zero-order valence-electron chi connectivity index (χ0n) is 15.5. The lowest BCUT2D eigenvalue weighted by Crippen LogP contribution is -2.22. The van der Waals surface area contributed by atoms with E-state index in [1.165, 1.54) is 10.9 Å². The van der Waals surface area contributed by atoms with Gasteiger partial charge in [-0.25, -0.2) is 4.98 Å². The molecule has 0 aliphatic heterocycles. The van der Waals surface area contributed by atoms with Crippen LogP contribution in [-0.2, 0) is 6.42 Å². The van der Waals surface area contributed by atoms with Crippen molar-refractivity contribution in [1.82, 2.24) is 9.66 Å². The zero-order chi connectivity index (χ0) is 20.4. The molecule has 7 heteroatoms. The summed E-state index contributed by atoms with van der Waals surface area (Å²) in [5, 5.41) is 14.1. The third-order valence-corrected chi connectivity index (χ3v) is 4.93. The van der Waals surface area contributed by atoms with Crippen LogP contribution in [0.4, 0.5) is 0 Å². The molecule has 4 rings (SSSR count). The average Bonchev–Trinajstić information content (AvgIpc) is 3.22. The van der Waals surface area contributed by atoms with Crippen molar-refractivity contribution in [3.63, 3.8) is 0 Å². The summed E-state index contributed by atoms with van der Waals surface area (Å²) in [6.45, 7) is 1.92. The van der Waals surface area contributed by atoms with E-state index in [0.29, 0.717) is 45.8 Å². The number of aryl methyl sites for hydroxylation is 1. The second kappa shape index (κ2) is 7.86. The molecular formula is C22H15BrN4O2. The molecule has 2 aromatic carbocycles. The Morgan fingerprint density at radius 2 is 2.07 bits per heavy atom. The Balaban J connectivity index is 1.74. The number of aromatic nitrogens is 2. The van der Waals surface area contributed by atoms with Crippen LogP contribution in [0.25, 0.3) is 22.2 Å². The van der Waals surface area contributed by atoms with Crippen molar-refractivity contribution in [2.75, 3.05) is 0 Å². The Morgan fingerprint density at radius 1 is 1.24 bits per heavy atom. The van der Waals surface area contributed by atoms with Crippen molar-refractivity contribution in [2.45, 2.75) is 13.3 Å². The van der Waals surface area contributed by atoms with E-state index < -0.39 is 0 Å². The highest BCUT2D eigenvalue weighted by atomic mass is 79.9. The van der Waals surface area contributed by atoms with Gasteiger partial charge in [-0.1, -0.05) is 35.0 Å². The Kier molecular flexibility index (Phi) is 5.10. The number of rotatable bonds is 4. The predicted molar refractivity (Wildman–Crippen MR) is 115 cm³/mol. The number of nitrogens with zero attached hydrogens (tertiary/aromatic N) is 4. The highest BCUT2D eigenvalue weighted by Crippen LogP contribution is 2.25. The number of fused-ring (bicyclic) bond motifs is 1. The van der Waals surface area contributed by atoms with Gasteiger partial charge in [0.15, 0.2) is 0 Å². The third kappa shape index (κ3) is 3.62. The fraction of sp³-hybridized carbons (Fsp3) is 0.0909. The number of hydrogen-bond acceptors (Lipinski definition) is 5. The van der Waals surface area contributed by atoms with Crippen molar-refractivity contribution < 1.29 is 4.42 Å². The van der Waals surface area contributed by atoms with Crippen molar-refractivity contribution in [3.05, 3.63) is 86.6 Å². The highest BCUT2D eigenvalue weighted by molar-refractivity contribution is 9.10. The second-order valence-electron chi connectivity index (χ2n) is 6.26. The first-order valence-electron chi connectivity index (χ1n) is 8.95. The van der Waals surface area contributed by atoms with Gasteiger partial charge in [0, 0.05) is 16.5 Å². The third-order valence-electron chi connectivity index (χ3n) is 4.43. The molecule has 0 bridgehead atoms. The minimum absolute atomic E-state index is 0.244. The van der Waals surface area contributed by atoms with Gasteiger partial charge >= 0.3 is 0 Å². The van der Waals surface area contributed by atoms with Crippen LogP contribution in [0.5, 0.6) is 0 Å². The van der Waals surface area contributed by atoms with Crippen LogP contribution >= 0.6 is 15.9 Å². The Morgan fingerprint density at radius 3 is 2.86 bits per heavy atom. The van der Waals surface area contributed by atoms with E-state index in [2.05, 4.69) is 32.1 Å². The first-order valence-corrected chi connectivity index (χ1v) is 9.75. The fourth-order valence-corrected chi connectivity index (χ4v) is 3.38. The number of nitriles is 1. The van der Waals surface area contributed by atoms with Crippen LogP contribution in [0.15, 0.2) is 73.4 Å². The van der Waals surface area contributed by atoms with Gasteiger partial charge in [0.2, 0.25) is 0 Å². The van der Waals surface area contributed by atoms with Gasteiger partial charge < -0.3 is 4.42 Å². The van der Waals surface area contributed by atoms with Crippen LogP contribution in [0, 0.1) is 11.3 Å². The van der Waals surface area contributed by atoms with Gasteiger partial charge in [-0.3, -0.25) is 4.79 Å². The molecule has 142 valence electrons. The topological polar surface area (TPSA) is 84.2 Å². The zero-order valence-corrected chi connectivity index (χ0v) is 17.0. The van der Waals surface area contributed by atoms with Crippen LogP contribution < -0.4 is 5.56 Å². The second-order valence-corrected chi connectivity index (χ2v) is 7.18. The molecule has 0 spiro atoms. The van der Waals surface area contributed by atoms with Gasteiger partial charge in [-0.05, 0) is 42.5 Å². The largest absolute Gasteiger partial charge is 0.455 e. The summed E-state index contributed by atoms with van der Waals surface area (Å²) < 4.78 is 7.90. The van der Waals surface area contributed by atoms with Gasteiger partial charge in [0.1, 0.15) is 17.3 Å². The normalized spacial score (nSPS) is 11.2. The molecule has 2 aromatic heterocycles. The predicted octanol–water partition coefficient (Wildman–Crippen LogP) is 4.74. The molecule has 29 heavy (non-hydrogen) atoms. The van der Waals surface area contributed by atoms with Crippen LogP contribution in [0.2, 0.25) is 0 Å². The minimum atomic E-state index is -0.244. The molecule has 0 atom stereocenters. The summed E-state index contributed by atoms with van der Waals surface area (Å²) in [7, 11) is 0. The molecule has 0 aliphatic carbocycles. The van der Waals surface area contributed by atoms with E-state index in [4.69, 9.17) is 4.42 Å². The summed E-state index contributed by atoms with van der Waals surface area (Å²) in [5.74, 6) is 1.59. The van der Waals surface area contributed by atoms with Crippen molar-refractivity contribution >= 4 is 33.0 Å². The quantitative estimate of drug-likeness (QED) is 0.423. The monoisotopic (exact) mass is 446 g/mol. The molecule has 0 amide bonds. The smallest absolute Gasteiger partial charge is 0.282 e.